The lowest BCUT2D eigenvalue weighted by Gasteiger charge is -2.38. The Bertz CT molecular complexity index is 1360. The second kappa shape index (κ2) is 10.4. The van der Waals surface area contributed by atoms with Crippen molar-refractivity contribution in [3.63, 3.8) is 0 Å². The molecule has 1 fully saturated rings. The van der Waals surface area contributed by atoms with Gasteiger partial charge in [0, 0.05) is 35.1 Å². The van der Waals surface area contributed by atoms with Gasteiger partial charge < -0.3 is 15.5 Å². The molecule has 176 valence electrons. The molecule has 4 aromatic rings. The number of likely N-dealkylation sites (tertiary alicyclic amines) is 1. The van der Waals surface area contributed by atoms with Crippen LogP contribution in [0.2, 0.25) is 0 Å². The fraction of sp³-hybridized carbons (Fsp3) is 0.250. The molecule has 5 rings (SSSR count). The maximum absolute atomic E-state index is 13.1. The fourth-order valence-electron chi connectivity index (χ4n) is 4.65. The molecule has 2 aromatic heterocycles. The Morgan fingerprint density at radius 3 is 2.80 bits per heavy atom. The largest absolute Gasteiger partial charge is 0.329 e. The number of rotatable bonds is 4. The Morgan fingerprint density at radius 1 is 1.11 bits per heavy atom. The number of piperidine rings is 1. The van der Waals surface area contributed by atoms with Crippen LogP contribution in [0.3, 0.4) is 0 Å². The molecule has 0 aliphatic carbocycles. The summed E-state index contributed by atoms with van der Waals surface area (Å²) >= 11 is 0. The summed E-state index contributed by atoms with van der Waals surface area (Å²) in [5, 5.41) is 14.4. The van der Waals surface area contributed by atoms with E-state index in [0.29, 0.717) is 11.4 Å². The highest BCUT2D eigenvalue weighted by molar-refractivity contribution is 5.94. The number of urea groups is 1. The third kappa shape index (κ3) is 5.34. The lowest BCUT2D eigenvalue weighted by molar-refractivity contribution is 0.147. The minimum Gasteiger partial charge on any atom is -0.329 e. The van der Waals surface area contributed by atoms with Crippen molar-refractivity contribution < 1.29 is 4.79 Å². The maximum Gasteiger partial charge on any atom is 0.319 e. The van der Waals surface area contributed by atoms with Gasteiger partial charge in [-0.3, -0.25) is 10.1 Å². The number of amides is 2. The normalized spacial score (nSPS) is 16.8. The first kappa shape index (κ1) is 22.6. The molecule has 2 amide bonds. The van der Waals surface area contributed by atoms with Crippen molar-refractivity contribution >= 4 is 22.6 Å². The van der Waals surface area contributed by atoms with E-state index in [0.717, 1.165) is 35.0 Å². The number of aromatic amines is 1. The quantitative estimate of drug-likeness (QED) is 0.382. The SMILES string of the molecule is CN1CCCCC1C(NC(=O)Nc1ccc2[nH]nc(C#Cc3cccnc3)c2c1)c1ccccc1. The van der Waals surface area contributed by atoms with Gasteiger partial charge in [-0.2, -0.15) is 5.10 Å². The van der Waals surface area contributed by atoms with Gasteiger partial charge in [-0.15, -0.1) is 0 Å². The summed E-state index contributed by atoms with van der Waals surface area (Å²) in [6.45, 7) is 1.04. The van der Waals surface area contributed by atoms with Crippen LogP contribution in [0.25, 0.3) is 10.9 Å². The number of aromatic nitrogens is 3. The first-order chi connectivity index (χ1) is 17.2. The molecular formula is C28H28N6O. The summed E-state index contributed by atoms with van der Waals surface area (Å²) in [6, 6.07) is 19.5. The number of nitrogens with zero attached hydrogens (tertiary/aromatic N) is 3. The molecule has 35 heavy (non-hydrogen) atoms. The maximum atomic E-state index is 13.1. The van der Waals surface area contributed by atoms with Gasteiger partial charge >= 0.3 is 6.03 Å². The van der Waals surface area contributed by atoms with Gasteiger partial charge in [0.25, 0.3) is 0 Å². The number of pyridine rings is 1. The highest BCUT2D eigenvalue weighted by atomic mass is 16.2. The molecule has 0 radical (unpaired) electrons. The minimum atomic E-state index is -0.233. The average Bonchev–Trinajstić information content (AvgIpc) is 3.30. The number of nitrogens with one attached hydrogen (secondary N) is 3. The number of hydrogen-bond acceptors (Lipinski definition) is 4. The van der Waals surface area contributed by atoms with Gasteiger partial charge in [0.15, 0.2) is 0 Å². The third-order valence-electron chi connectivity index (χ3n) is 6.46. The number of carbonyl (C=O) groups excluding carboxylic acids is 1. The zero-order valence-corrected chi connectivity index (χ0v) is 19.7. The molecule has 2 atom stereocenters. The van der Waals surface area contributed by atoms with E-state index in [2.05, 4.69) is 61.7 Å². The molecular weight excluding hydrogens is 436 g/mol. The molecule has 0 saturated carbocycles. The topological polar surface area (TPSA) is 85.9 Å². The number of carbonyl (C=O) groups is 1. The molecule has 1 aliphatic heterocycles. The number of likely N-dealkylation sites (N-methyl/N-ethyl adjacent to an activating group) is 1. The lowest BCUT2D eigenvalue weighted by atomic mass is 9.91. The Kier molecular flexibility index (Phi) is 6.73. The number of H-pyrrole nitrogens is 1. The number of fused-ring (bicyclic) bond motifs is 1. The second-order valence-electron chi connectivity index (χ2n) is 8.85. The molecule has 3 N–H and O–H groups in total. The summed E-state index contributed by atoms with van der Waals surface area (Å²) in [4.78, 5) is 19.6. The van der Waals surface area contributed by atoms with Gasteiger partial charge in [0.1, 0.15) is 5.69 Å². The third-order valence-corrected chi connectivity index (χ3v) is 6.46. The molecule has 1 saturated heterocycles. The van der Waals surface area contributed by atoms with Crippen LogP contribution in [0.15, 0.2) is 73.1 Å². The highest BCUT2D eigenvalue weighted by Gasteiger charge is 2.30. The Hall–Kier alpha value is -4.15. The molecule has 2 unspecified atom stereocenters. The van der Waals surface area contributed by atoms with Crippen molar-refractivity contribution in [2.75, 3.05) is 18.9 Å². The summed E-state index contributed by atoms with van der Waals surface area (Å²) < 4.78 is 0. The predicted molar refractivity (Wildman–Crippen MR) is 138 cm³/mol. The van der Waals surface area contributed by atoms with Crippen molar-refractivity contribution in [1.82, 2.24) is 25.4 Å². The summed E-state index contributed by atoms with van der Waals surface area (Å²) in [6.07, 6.45) is 6.84. The number of hydrogen-bond donors (Lipinski definition) is 3. The second-order valence-corrected chi connectivity index (χ2v) is 8.85. The van der Waals surface area contributed by atoms with Crippen LogP contribution in [0.5, 0.6) is 0 Å². The molecule has 0 bridgehead atoms. The standard InChI is InChI=1S/C28H28N6O/c1-34-17-6-5-11-26(34)27(21-9-3-2-4-10-21)31-28(35)30-22-13-15-25-23(18-22)24(32-33-25)14-12-20-8-7-16-29-19-20/h2-4,7-10,13,15-16,18-19,26-27H,5-6,11,17H2,1H3,(H,32,33)(H2,30,31,35). The van der Waals surface area contributed by atoms with E-state index >= 15 is 0 Å². The van der Waals surface area contributed by atoms with E-state index in [1.165, 1.54) is 12.8 Å². The molecule has 0 spiro atoms. The minimum absolute atomic E-state index is 0.0972. The van der Waals surface area contributed by atoms with Crippen molar-refractivity contribution in [1.29, 1.82) is 0 Å². The van der Waals surface area contributed by atoms with Crippen molar-refractivity contribution in [2.45, 2.75) is 31.3 Å². The molecule has 7 nitrogen and oxygen atoms in total. The lowest BCUT2D eigenvalue weighted by Crippen LogP contribution is -2.47. The van der Waals surface area contributed by atoms with E-state index in [4.69, 9.17) is 0 Å². The zero-order valence-electron chi connectivity index (χ0n) is 19.7. The average molecular weight is 465 g/mol. The van der Waals surface area contributed by atoms with Gasteiger partial charge in [-0.1, -0.05) is 42.7 Å². The van der Waals surface area contributed by atoms with Crippen molar-refractivity contribution in [3.8, 4) is 11.8 Å². The van der Waals surface area contributed by atoms with Crippen LogP contribution in [-0.4, -0.2) is 45.7 Å². The van der Waals surface area contributed by atoms with Gasteiger partial charge in [-0.25, -0.2) is 4.79 Å². The van der Waals surface area contributed by atoms with Crippen molar-refractivity contribution in [3.05, 3.63) is 89.9 Å². The number of anilines is 1. The smallest absolute Gasteiger partial charge is 0.319 e. The molecule has 3 heterocycles. The van der Waals surface area contributed by atoms with Gasteiger partial charge in [0.2, 0.25) is 0 Å². The molecule has 2 aromatic carbocycles. The number of benzene rings is 2. The zero-order chi connectivity index (χ0) is 24.0. The van der Waals surface area contributed by atoms with E-state index in [9.17, 15) is 4.79 Å². The van der Waals surface area contributed by atoms with Crippen LogP contribution in [0.1, 0.15) is 42.1 Å². The predicted octanol–water partition coefficient (Wildman–Crippen LogP) is 4.70. The Labute approximate surface area is 205 Å². The van der Waals surface area contributed by atoms with E-state index < -0.39 is 0 Å². The molecule has 7 heteroatoms. The monoisotopic (exact) mass is 464 g/mol. The van der Waals surface area contributed by atoms with Crippen molar-refractivity contribution in [2.24, 2.45) is 0 Å². The first-order valence-corrected chi connectivity index (χ1v) is 11.9. The molecule has 1 aliphatic rings. The van der Waals surface area contributed by atoms with E-state index in [1.807, 2.05) is 48.5 Å². The Balaban J connectivity index is 1.35. The fourth-order valence-corrected chi connectivity index (χ4v) is 4.65. The van der Waals surface area contributed by atoms with E-state index in [1.54, 1.807) is 12.4 Å². The van der Waals surface area contributed by atoms with Crippen LogP contribution in [-0.2, 0) is 0 Å². The van der Waals surface area contributed by atoms with Gasteiger partial charge in [-0.05, 0) is 68.2 Å². The van der Waals surface area contributed by atoms with Crippen LogP contribution in [0, 0.1) is 11.8 Å². The van der Waals surface area contributed by atoms with Crippen LogP contribution >= 0.6 is 0 Å². The summed E-state index contributed by atoms with van der Waals surface area (Å²) in [5.41, 5.74) is 4.09. The van der Waals surface area contributed by atoms with Crippen LogP contribution < -0.4 is 10.6 Å². The highest BCUT2D eigenvalue weighted by Crippen LogP contribution is 2.28. The van der Waals surface area contributed by atoms with Gasteiger partial charge in [0.05, 0.1) is 11.6 Å². The summed E-state index contributed by atoms with van der Waals surface area (Å²) in [7, 11) is 2.14. The van der Waals surface area contributed by atoms with E-state index in [-0.39, 0.29) is 18.1 Å². The summed E-state index contributed by atoms with van der Waals surface area (Å²) in [5.74, 6) is 6.18. The Morgan fingerprint density at radius 2 is 2.00 bits per heavy atom. The first-order valence-electron chi connectivity index (χ1n) is 11.9. The van der Waals surface area contributed by atoms with Crippen LogP contribution in [0.4, 0.5) is 10.5 Å².